The van der Waals surface area contributed by atoms with Crippen LogP contribution in [0.5, 0.6) is 0 Å². The number of ether oxygens (including phenoxy) is 1. The van der Waals surface area contributed by atoms with Gasteiger partial charge < -0.3 is 4.74 Å². The van der Waals surface area contributed by atoms with Gasteiger partial charge in [0.1, 0.15) is 10.8 Å². The largest absolute Gasteiger partial charge is 0.461 e. The fourth-order valence-electron chi connectivity index (χ4n) is 1.23. The number of hydrogen-bond acceptors (Lipinski definition) is 4. The molecule has 2 aromatic rings. The van der Waals surface area contributed by atoms with Gasteiger partial charge in [0.25, 0.3) is 0 Å². The first-order valence-electron chi connectivity index (χ1n) is 4.50. The first-order valence-corrected chi connectivity index (χ1v) is 5.25. The molecule has 0 saturated heterocycles. The molecule has 0 spiro atoms. The lowest BCUT2D eigenvalue weighted by molar-refractivity contribution is 0.0520. The van der Waals surface area contributed by atoms with Crippen LogP contribution in [0.2, 0.25) is 10.4 Å². The number of imidazole rings is 1. The molecule has 2 heterocycles. The Labute approximate surface area is 101 Å². The molecule has 0 atom stereocenters. The maximum Gasteiger partial charge on any atom is 0.358 e. The summed E-state index contributed by atoms with van der Waals surface area (Å²) in [5.41, 5.74) is 0.626. The molecule has 0 saturated carbocycles. The summed E-state index contributed by atoms with van der Waals surface area (Å²) >= 11 is 11.5. The molecule has 0 amide bonds. The number of carbonyl (C=O) groups excluding carboxylic acids is 1. The van der Waals surface area contributed by atoms with Crippen LogP contribution in [-0.4, -0.2) is 26.9 Å². The Bertz CT molecular complexity index is 553. The summed E-state index contributed by atoms with van der Waals surface area (Å²) in [4.78, 5) is 19.3. The van der Waals surface area contributed by atoms with E-state index in [0.29, 0.717) is 12.3 Å². The second kappa shape index (κ2) is 4.27. The number of rotatable bonds is 2. The average molecular weight is 260 g/mol. The highest BCUT2D eigenvalue weighted by Gasteiger charge is 2.13. The maximum atomic E-state index is 11.4. The van der Waals surface area contributed by atoms with Gasteiger partial charge in [0.2, 0.25) is 5.28 Å². The summed E-state index contributed by atoms with van der Waals surface area (Å²) < 4.78 is 6.27. The molecule has 0 aliphatic heterocycles. The van der Waals surface area contributed by atoms with Gasteiger partial charge in [-0.2, -0.15) is 0 Å². The van der Waals surface area contributed by atoms with Crippen molar-refractivity contribution in [2.45, 2.75) is 6.92 Å². The van der Waals surface area contributed by atoms with E-state index in [-0.39, 0.29) is 16.1 Å². The van der Waals surface area contributed by atoms with Gasteiger partial charge in [-0.25, -0.2) is 14.8 Å². The van der Waals surface area contributed by atoms with Gasteiger partial charge in [-0.05, 0) is 18.5 Å². The van der Waals surface area contributed by atoms with E-state index in [1.165, 1.54) is 16.7 Å². The van der Waals surface area contributed by atoms with Crippen LogP contribution in [0.4, 0.5) is 0 Å². The molecular formula is C9H7Cl2N3O2. The van der Waals surface area contributed by atoms with Gasteiger partial charge in [-0.1, -0.05) is 11.6 Å². The van der Waals surface area contributed by atoms with E-state index in [0.717, 1.165) is 0 Å². The number of halogens is 2. The second-order valence-corrected chi connectivity index (χ2v) is 3.65. The number of fused-ring (bicyclic) bond motifs is 1. The number of hydrogen-bond donors (Lipinski definition) is 0. The number of esters is 1. The van der Waals surface area contributed by atoms with Crippen LogP contribution >= 0.6 is 23.2 Å². The maximum absolute atomic E-state index is 11.4. The summed E-state index contributed by atoms with van der Waals surface area (Å²) in [5.74, 6) is -0.501. The summed E-state index contributed by atoms with van der Waals surface area (Å²) in [6, 6.07) is 1.51. The van der Waals surface area contributed by atoms with Crippen LogP contribution in [0.3, 0.4) is 0 Å². The first kappa shape index (κ1) is 11.2. The van der Waals surface area contributed by atoms with E-state index < -0.39 is 5.97 Å². The van der Waals surface area contributed by atoms with Crippen molar-refractivity contribution in [3.05, 3.63) is 28.4 Å². The molecule has 0 fully saturated rings. The summed E-state index contributed by atoms with van der Waals surface area (Å²) in [7, 11) is 0. The lowest BCUT2D eigenvalue weighted by atomic mass is 10.5. The predicted octanol–water partition coefficient (Wildman–Crippen LogP) is 2.21. The monoisotopic (exact) mass is 259 g/mol. The molecule has 16 heavy (non-hydrogen) atoms. The lowest BCUT2D eigenvalue weighted by Crippen LogP contribution is -2.04. The third-order valence-electron chi connectivity index (χ3n) is 1.86. The van der Waals surface area contributed by atoms with Crippen molar-refractivity contribution in [1.82, 2.24) is 14.4 Å². The Hall–Kier alpha value is -1.33. The van der Waals surface area contributed by atoms with E-state index in [1.54, 1.807) is 6.92 Å². The molecule has 0 N–H and O–H groups in total. The first-order chi connectivity index (χ1) is 7.61. The molecule has 0 aliphatic rings. The van der Waals surface area contributed by atoms with Crippen LogP contribution in [0, 0.1) is 0 Å². The van der Waals surface area contributed by atoms with Crippen LogP contribution in [0.1, 0.15) is 17.4 Å². The minimum Gasteiger partial charge on any atom is -0.461 e. The molecular weight excluding hydrogens is 253 g/mol. The molecule has 5 nitrogen and oxygen atoms in total. The fraction of sp³-hybridized carbons (Fsp3) is 0.222. The van der Waals surface area contributed by atoms with Crippen LogP contribution in [0.15, 0.2) is 12.3 Å². The molecule has 84 valence electrons. The summed E-state index contributed by atoms with van der Waals surface area (Å²) in [6.07, 6.45) is 1.46. The molecule has 0 aromatic carbocycles. The third kappa shape index (κ3) is 1.96. The Morgan fingerprint density at radius 2 is 2.25 bits per heavy atom. The zero-order valence-corrected chi connectivity index (χ0v) is 9.79. The van der Waals surface area contributed by atoms with Crippen molar-refractivity contribution < 1.29 is 9.53 Å². The van der Waals surface area contributed by atoms with Crippen molar-refractivity contribution in [1.29, 1.82) is 0 Å². The minimum atomic E-state index is -0.501. The second-order valence-electron chi connectivity index (χ2n) is 2.92. The Morgan fingerprint density at radius 3 is 2.94 bits per heavy atom. The number of nitrogens with zero attached hydrogens (tertiary/aromatic N) is 3. The molecule has 0 radical (unpaired) electrons. The SMILES string of the molecule is CCOC(=O)c1cn2c(Cl)nc(Cl)cc2n1. The third-order valence-corrected chi connectivity index (χ3v) is 2.32. The van der Waals surface area contributed by atoms with E-state index in [4.69, 9.17) is 27.9 Å². The van der Waals surface area contributed by atoms with Crippen molar-refractivity contribution in [2.75, 3.05) is 6.61 Å². The fourth-order valence-corrected chi connectivity index (χ4v) is 1.68. The highest BCUT2D eigenvalue weighted by Crippen LogP contribution is 2.16. The van der Waals surface area contributed by atoms with Crippen LogP contribution < -0.4 is 0 Å². The van der Waals surface area contributed by atoms with Gasteiger partial charge in [0.05, 0.1) is 6.61 Å². The van der Waals surface area contributed by atoms with Gasteiger partial charge in [-0.15, -0.1) is 0 Å². The lowest BCUT2D eigenvalue weighted by Gasteiger charge is -1.95. The molecule has 7 heteroatoms. The van der Waals surface area contributed by atoms with Crippen molar-refractivity contribution in [2.24, 2.45) is 0 Å². The number of carbonyl (C=O) groups is 1. The molecule has 0 bridgehead atoms. The summed E-state index contributed by atoms with van der Waals surface area (Å²) in [6.45, 7) is 2.01. The average Bonchev–Trinajstić information content (AvgIpc) is 2.62. The zero-order chi connectivity index (χ0) is 11.7. The van der Waals surface area contributed by atoms with Gasteiger partial charge in [0, 0.05) is 12.3 Å². The Morgan fingerprint density at radius 1 is 1.50 bits per heavy atom. The standard InChI is InChI=1S/C9H7Cl2N3O2/c1-2-16-8(15)5-4-14-7(12-5)3-6(10)13-9(14)11/h3-4H,2H2,1H3. The molecule has 0 unspecified atom stereocenters. The van der Waals surface area contributed by atoms with E-state index in [2.05, 4.69) is 9.97 Å². The highest BCUT2D eigenvalue weighted by molar-refractivity contribution is 6.32. The normalized spacial score (nSPS) is 10.7. The predicted molar refractivity (Wildman–Crippen MR) is 59.0 cm³/mol. The quantitative estimate of drug-likeness (QED) is 0.472. The minimum absolute atomic E-state index is 0.144. The van der Waals surface area contributed by atoms with Crippen LogP contribution in [-0.2, 0) is 4.74 Å². The van der Waals surface area contributed by atoms with E-state index >= 15 is 0 Å². The van der Waals surface area contributed by atoms with Crippen molar-refractivity contribution in [3.63, 3.8) is 0 Å². The number of aromatic nitrogens is 3. The smallest absolute Gasteiger partial charge is 0.358 e. The zero-order valence-electron chi connectivity index (χ0n) is 8.28. The molecule has 0 aliphatic carbocycles. The van der Waals surface area contributed by atoms with Crippen molar-refractivity contribution in [3.8, 4) is 0 Å². The highest BCUT2D eigenvalue weighted by atomic mass is 35.5. The van der Waals surface area contributed by atoms with E-state index in [1.807, 2.05) is 0 Å². The molecule has 2 aromatic heterocycles. The summed E-state index contributed by atoms with van der Waals surface area (Å²) in [5, 5.41) is 0.365. The van der Waals surface area contributed by atoms with E-state index in [9.17, 15) is 4.79 Å². The Balaban J connectivity index is 2.51. The van der Waals surface area contributed by atoms with Gasteiger partial charge >= 0.3 is 5.97 Å². The molecule has 2 rings (SSSR count). The Kier molecular flexibility index (Phi) is 2.98. The topological polar surface area (TPSA) is 56.5 Å². The van der Waals surface area contributed by atoms with Gasteiger partial charge in [0.15, 0.2) is 5.69 Å². The van der Waals surface area contributed by atoms with Gasteiger partial charge in [-0.3, -0.25) is 4.40 Å². The van der Waals surface area contributed by atoms with Crippen molar-refractivity contribution >= 4 is 34.8 Å². The van der Waals surface area contributed by atoms with Crippen LogP contribution in [0.25, 0.3) is 5.65 Å².